The molecule has 2 aromatic carbocycles. The van der Waals surface area contributed by atoms with Gasteiger partial charge in [-0.1, -0.05) is 0 Å². The minimum absolute atomic E-state index is 0.131. The van der Waals surface area contributed by atoms with E-state index in [2.05, 4.69) is 4.72 Å². The molecule has 0 aromatic heterocycles. The van der Waals surface area contributed by atoms with Crippen LogP contribution in [0.3, 0.4) is 0 Å². The van der Waals surface area contributed by atoms with Gasteiger partial charge < -0.3 is 9.80 Å². The Hall–Kier alpha value is -2.54. The second-order valence-electron chi connectivity index (χ2n) is 6.93. The Morgan fingerprint density at radius 2 is 1.65 bits per heavy atom. The summed E-state index contributed by atoms with van der Waals surface area (Å²) in [6, 6.07) is 10.7. The molecule has 0 aliphatic carbocycles. The van der Waals surface area contributed by atoms with Gasteiger partial charge in [0, 0.05) is 38.4 Å². The van der Waals surface area contributed by atoms with Gasteiger partial charge in [0.1, 0.15) is 0 Å². The van der Waals surface area contributed by atoms with Crippen molar-refractivity contribution in [3.8, 4) is 0 Å². The highest BCUT2D eigenvalue weighted by Crippen LogP contribution is 2.38. The lowest BCUT2D eigenvalue weighted by Gasteiger charge is -2.25. The maximum Gasteiger partial charge on any atom is 0.261 e. The minimum Gasteiger partial charge on any atom is -0.378 e. The molecule has 0 atom stereocenters. The predicted octanol–water partition coefficient (Wildman–Crippen LogP) is 2.39. The van der Waals surface area contributed by atoms with E-state index < -0.39 is 10.0 Å². The fourth-order valence-electron chi connectivity index (χ4n) is 3.62. The van der Waals surface area contributed by atoms with Crippen LogP contribution in [-0.4, -0.2) is 35.0 Å². The van der Waals surface area contributed by atoms with E-state index in [1.54, 1.807) is 29.2 Å². The summed E-state index contributed by atoms with van der Waals surface area (Å²) in [7, 11) is 0.193. The molecule has 6 nitrogen and oxygen atoms in total. The van der Waals surface area contributed by atoms with E-state index in [-0.39, 0.29) is 10.8 Å². The number of nitrogens with zero attached hydrogens (tertiary/aromatic N) is 2. The molecule has 1 N–H and O–H groups in total. The van der Waals surface area contributed by atoms with Crippen LogP contribution in [-0.2, 0) is 27.7 Å². The fourth-order valence-corrected chi connectivity index (χ4v) is 4.78. The van der Waals surface area contributed by atoms with Gasteiger partial charge in [-0.2, -0.15) is 0 Å². The lowest BCUT2D eigenvalue weighted by molar-refractivity contribution is -0.118. The molecule has 0 fully saturated rings. The average Bonchev–Trinajstić information content (AvgIpc) is 3.04. The largest absolute Gasteiger partial charge is 0.378 e. The number of rotatable bonds is 4. The number of carbonyl (C=O) groups excluding carboxylic acids is 1. The summed E-state index contributed by atoms with van der Waals surface area (Å²) in [5.41, 5.74) is 4.35. The van der Waals surface area contributed by atoms with Crippen molar-refractivity contribution in [1.29, 1.82) is 0 Å². The summed E-state index contributed by atoms with van der Waals surface area (Å²) in [5.74, 6) is 0.131. The van der Waals surface area contributed by atoms with E-state index in [1.165, 1.54) is 0 Å². The molecule has 0 unspecified atom stereocenters. The maximum absolute atomic E-state index is 12.9. The van der Waals surface area contributed by atoms with Crippen LogP contribution in [0.5, 0.6) is 0 Å². The lowest BCUT2D eigenvalue weighted by Crippen LogP contribution is -2.33. The summed E-state index contributed by atoms with van der Waals surface area (Å²) < 4.78 is 28.4. The van der Waals surface area contributed by atoms with Crippen molar-refractivity contribution in [2.24, 2.45) is 0 Å². The molecule has 2 aromatic rings. The van der Waals surface area contributed by atoms with Crippen LogP contribution < -0.4 is 14.5 Å². The van der Waals surface area contributed by atoms with E-state index in [0.717, 1.165) is 22.5 Å². The molecule has 0 saturated heterocycles. The van der Waals surface area contributed by atoms with Gasteiger partial charge in [0.25, 0.3) is 10.0 Å². The molecule has 0 radical (unpaired) electrons. The molecule has 1 amide bonds. The second-order valence-corrected chi connectivity index (χ2v) is 8.61. The minimum atomic E-state index is -3.67. The summed E-state index contributed by atoms with van der Waals surface area (Å²) in [6.45, 7) is 0.643. The maximum atomic E-state index is 12.9. The lowest BCUT2D eigenvalue weighted by atomic mass is 10.00. The van der Waals surface area contributed by atoms with Crippen molar-refractivity contribution in [1.82, 2.24) is 0 Å². The quantitative estimate of drug-likeness (QED) is 0.896. The monoisotopic (exact) mass is 371 g/mol. The van der Waals surface area contributed by atoms with Crippen molar-refractivity contribution in [3.05, 3.63) is 47.5 Å². The molecule has 2 heterocycles. The molecular formula is C19H21N3O3S. The molecule has 2 aliphatic rings. The Morgan fingerprint density at radius 1 is 1.00 bits per heavy atom. The fraction of sp³-hybridized carbons (Fsp3) is 0.316. The number of amides is 1. The first-order valence-electron chi connectivity index (χ1n) is 8.61. The van der Waals surface area contributed by atoms with Crippen LogP contribution in [0.2, 0.25) is 0 Å². The molecule has 0 bridgehead atoms. The van der Waals surface area contributed by atoms with Crippen molar-refractivity contribution >= 4 is 33.0 Å². The van der Waals surface area contributed by atoms with Gasteiger partial charge in [-0.3, -0.25) is 9.52 Å². The summed E-state index contributed by atoms with van der Waals surface area (Å²) >= 11 is 0. The first kappa shape index (κ1) is 16.9. The van der Waals surface area contributed by atoms with Gasteiger partial charge in [0.2, 0.25) is 5.91 Å². The standard InChI is InChI=1S/C19H21N3O3S/c1-21(2)16-6-4-15(5-7-16)20-26(24,25)17-11-13-3-8-18(23)22-10-9-14(12-17)19(13)22/h4-7,11-12,20H,3,8-10H2,1-2H3. The molecule has 0 saturated carbocycles. The highest BCUT2D eigenvalue weighted by Gasteiger charge is 2.32. The van der Waals surface area contributed by atoms with Gasteiger partial charge in [0.05, 0.1) is 10.6 Å². The first-order chi connectivity index (χ1) is 12.3. The zero-order valence-corrected chi connectivity index (χ0v) is 15.6. The highest BCUT2D eigenvalue weighted by molar-refractivity contribution is 7.92. The van der Waals surface area contributed by atoms with Crippen LogP contribution in [0.1, 0.15) is 17.5 Å². The van der Waals surface area contributed by atoms with E-state index in [4.69, 9.17) is 0 Å². The highest BCUT2D eigenvalue weighted by atomic mass is 32.2. The zero-order valence-electron chi connectivity index (χ0n) is 14.8. The van der Waals surface area contributed by atoms with Gasteiger partial charge in [-0.05, 0) is 60.4 Å². The van der Waals surface area contributed by atoms with Gasteiger partial charge in [0.15, 0.2) is 0 Å². The first-order valence-corrected chi connectivity index (χ1v) is 10.1. The molecule has 4 rings (SSSR count). The van der Waals surface area contributed by atoms with Gasteiger partial charge >= 0.3 is 0 Å². The van der Waals surface area contributed by atoms with Crippen molar-refractivity contribution in [2.75, 3.05) is 35.2 Å². The Labute approximate surface area is 153 Å². The smallest absolute Gasteiger partial charge is 0.261 e. The zero-order chi connectivity index (χ0) is 18.5. The van der Waals surface area contributed by atoms with Crippen molar-refractivity contribution < 1.29 is 13.2 Å². The van der Waals surface area contributed by atoms with Crippen molar-refractivity contribution in [2.45, 2.75) is 24.2 Å². The number of sulfonamides is 1. The summed E-state index contributed by atoms with van der Waals surface area (Å²) in [5, 5.41) is 0. The summed E-state index contributed by atoms with van der Waals surface area (Å²) in [4.78, 5) is 16.0. The summed E-state index contributed by atoms with van der Waals surface area (Å²) in [6.07, 6.45) is 1.74. The molecule has 7 heteroatoms. The van der Waals surface area contributed by atoms with Crippen LogP contribution in [0.15, 0.2) is 41.3 Å². The molecule has 136 valence electrons. The Morgan fingerprint density at radius 3 is 2.31 bits per heavy atom. The third kappa shape index (κ3) is 2.82. The van der Waals surface area contributed by atoms with Crippen LogP contribution in [0, 0.1) is 0 Å². The van der Waals surface area contributed by atoms with E-state index in [0.29, 0.717) is 31.5 Å². The normalized spacial score (nSPS) is 15.8. The number of hydrogen-bond acceptors (Lipinski definition) is 4. The third-order valence-corrected chi connectivity index (χ3v) is 6.33. The molecule has 26 heavy (non-hydrogen) atoms. The molecule has 2 aliphatic heterocycles. The average molecular weight is 371 g/mol. The van der Waals surface area contributed by atoms with Crippen molar-refractivity contribution in [3.63, 3.8) is 0 Å². The molecular weight excluding hydrogens is 350 g/mol. The Kier molecular flexibility index (Phi) is 3.91. The number of nitrogens with one attached hydrogen (secondary N) is 1. The number of carbonyl (C=O) groups is 1. The van der Waals surface area contributed by atoms with Crippen LogP contribution in [0.4, 0.5) is 17.1 Å². The van der Waals surface area contributed by atoms with E-state index in [9.17, 15) is 13.2 Å². The van der Waals surface area contributed by atoms with Gasteiger partial charge in [-0.25, -0.2) is 8.42 Å². The SMILES string of the molecule is CN(C)c1ccc(NS(=O)(=O)c2cc3c4c(c2)CCN4C(=O)CC3)cc1. The second kappa shape index (κ2) is 6.02. The number of aryl methyl sites for hydroxylation is 1. The van der Waals surface area contributed by atoms with Gasteiger partial charge in [-0.15, -0.1) is 0 Å². The third-order valence-electron chi connectivity index (χ3n) is 4.97. The van der Waals surface area contributed by atoms with Crippen LogP contribution >= 0.6 is 0 Å². The topological polar surface area (TPSA) is 69.7 Å². The Bertz CT molecular complexity index is 982. The number of anilines is 3. The number of benzene rings is 2. The Balaban J connectivity index is 1.66. The van der Waals surface area contributed by atoms with E-state index >= 15 is 0 Å². The predicted molar refractivity (Wildman–Crippen MR) is 102 cm³/mol. The van der Waals surface area contributed by atoms with Crippen LogP contribution in [0.25, 0.3) is 0 Å². The molecule has 0 spiro atoms. The number of hydrogen-bond donors (Lipinski definition) is 1. The van der Waals surface area contributed by atoms with E-state index in [1.807, 2.05) is 31.1 Å².